The fourth-order valence-electron chi connectivity index (χ4n) is 0.223. The lowest BCUT2D eigenvalue weighted by Gasteiger charge is -1.91. The van der Waals surface area contributed by atoms with Crippen molar-refractivity contribution in [1.82, 2.24) is 5.32 Å². The Labute approximate surface area is 80.5 Å². The standard InChI is InChI=1S/C4H8FNO.CF4.2CH4/c1-4(7)6-3-2-5;2-1(3,4)5;;/h2-3H2,1H3,(H,6,7);;2*1H4. The zero-order valence-corrected chi connectivity index (χ0v) is 6.21. The average molecular weight is 225 g/mol. The van der Waals surface area contributed by atoms with E-state index in [1.165, 1.54) is 6.92 Å². The Bertz CT molecular complexity index is 120. The lowest BCUT2D eigenvalue weighted by atomic mass is 10.6. The fraction of sp³-hybridized carbons (Fsp3) is 0.857. The first-order valence-electron chi connectivity index (χ1n) is 2.83. The molecule has 0 saturated heterocycles. The van der Waals surface area contributed by atoms with Crippen LogP contribution in [0.2, 0.25) is 0 Å². The average Bonchev–Trinajstić information content (AvgIpc) is 1.79. The maximum absolute atomic E-state index is 11.1. The molecule has 0 heterocycles. The van der Waals surface area contributed by atoms with Gasteiger partial charge in [0.1, 0.15) is 6.67 Å². The highest BCUT2D eigenvalue weighted by molar-refractivity contribution is 5.72. The normalized spacial score (nSPS) is 8.43. The molecule has 0 atom stereocenters. The van der Waals surface area contributed by atoms with E-state index in [0.717, 1.165) is 0 Å². The molecule has 0 unspecified atom stereocenters. The molecular formula is C7H16F5NO. The largest absolute Gasteiger partial charge is 0.559 e. The molecule has 0 aliphatic rings. The molecule has 90 valence electrons. The monoisotopic (exact) mass is 225 g/mol. The van der Waals surface area contributed by atoms with Crippen LogP contribution in [0.25, 0.3) is 0 Å². The minimum absolute atomic E-state index is 0. The Hall–Kier alpha value is -0.880. The third-order valence-electron chi connectivity index (χ3n) is 0.468. The summed E-state index contributed by atoms with van der Waals surface area (Å²) in [7, 11) is 0. The number of hydrogen-bond donors (Lipinski definition) is 1. The summed E-state index contributed by atoms with van der Waals surface area (Å²) in [6, 6.07) is 0. The Morgan fingerprint density at radius 1 is 1.21 bits per heavy atom. The van der Waals surface area contributed by atoms with Gasteiger partial charge in [-0.1, -0.05) is 14.9 Å². The van der Waals surface area contributed by atoms with Crippen LogP contribution in [0, 0.1) is 0 Å². The van der Waals surface area contributed by atoms with Crippen molar-refractivity contribution >= 4 is 5.91 Å². The van der Waals surface area contributed by atoms with Gasteiger partial charge in [0, 0.05) is 13.5 Å². The molecule has 0 spiro atoms. The summed E-state index contributed by atoms with van der Waals surface area (Å²) in [6.45, 7) is 1.00. The van der Waals surface area contributed by atoms with Crippen molar-refractivity contribution in [2.45, 2.75) is 28.2 Å². The summed E-state index contributed by atoms with van der Waals surface area (Å²) in [5, 5.41) is 2.28. The van der Waals surface area contributed by atoms with Crippen molar-refractivity contribution in [1.29, 1.82) is 0 Å². The Kier molecular flexibility index (Phi) is 20.1. The highest BCUT2D eigenvalue weighted by Gasteiger charge is 2.24. The van der Waals surface area contributed by atoms with Crippen molar-refractivity contribution in [2.24, 2.45) is 0 Å². The Balaban J connectivity index is -0.0000000651. The van der Waals surface area contributed by atoms with Crippen molar-refractivity contribution < 1.29 is 26.7 Å². The van der Waals surface area contributed by atoms with E-state index >= 15 is 0 Å². The maximum atomic E-state index is 11.1. The molecule has 1 amide bonds. The van der Waals surface area contributed by atoms with Crippen LogP contribution in [-0.2, 0) is 4.79 Å². The summed E-state index contributed by atoms with van der Waals surface area (Å²) < 4.78 is 49.9. The van der Waals surface area contributed by atoms with Crippen molar-refractivity contribution in [3.05, 3.63) is 0 Å². The van der Waals surface area contributed by atoms with E-state index in [4.69, 9.17) is 0 Å². The van der Waals surface area contributed by atoms with E-state index in [1.54, 1.807) is 0 Å². The second kappa shape index (κ2) is 12.1. The third-order valence-corrected chi connectivity index (χ3v) is 0.468. The topological polar surface area (TPSA) is 29.1 Å². The smallest absolute Gasteiger partial charge is 0.354 e. The summed E-state index contributed by atoms with van der Waals surface area (Å²) in [5.41, 5.74) is 0. The van der Waals surface area contributed by atoms with Crippen molar-refractivity contribution in [3.63, 3.8) is 0 Å². The van der Waals surface area contributed by atoms with Gasteiger partial charge in [-0.3, -0.25) is 4.79 Å². The number of amides is 1. The van der Waals surface area contributed by atoms with Crippen LogP contribution in [0.15, 0.2) is 0 Å². The molecule has 0 aromatic carbocycles. The second-order valence-corrected chi connectivity index (χ2v) is 1.60. The number of hydrogen-bond acceptors (Lipinski definition) is 1. The molecule has 0 aromatic heterocycles. The lowest BCUT2D eigenvalue weighted by Crippen LogP contribution is -2.21. The van der Waals surface area contributed by atoms with Crippen LogP contribution < -0.4 is 5.32 Å². The van der Waals surface area contributed by atoms with Gasteiger partial charge in [0.25, 0.3) is 0 Å². The minimum atomic E-state index is -5.50. The maximum Gasteiger partial charge on any atom is 0.559 e. The summed E-state index contributed by atoms with van der Waals surface area (Å²) in [4.78, 5) is 9.92. The van der Waals surface area contributed by atoms with Gasteiger partial charge in [0.15, 0.2) is 0 Å². The van der Waals surface area contributed by atoms with Gasteiger partial charge in [0.2, 0.25) is 5.91 Å². The Morgan fingerprint density at radius 2 is 1.50 bits per heavy atom. The minimum Gasteiger partial charge on any atom is -0.354 e. The fourth-order valence-corrected chi connectivity index (χ4v) is 0.223. The lowest BCUT2D eigenvalue weighted by molar-refractivity contribution is -0.237. The number of halogens is 5. The van der Waals surface area contributed by atoms with Gasteiger partial charge >= 0.3 is 6.43 Å². The van der Waals surface area contributed by atoms with Gasteiger partial charge in [-0.15, -0.1) is 17.6 Å². The molecule has 0 radical (unpaired) electrons. The highest BCUT2D eigenvalue weighted by Crippen LogP contribution is 2.13. The molecule has 0 saturated carbocycles. The van der Waals surface area contributed by atoms with Crippen molar-refractivity contribution in [2.75, 3.05) is 13.2 Å². The molecule has 2 nitrogen and oxygen atoms in total. The van der Waals surface area contributed by atoms with Crippen molar-refractivity contribution in [3.8, 4) is 0 Å². The molecule has 1 N–H and O–H groups in total. The van der Waals surface area contributed by atoms with Crippen LogP contribution in [0.5, 0.6) is 0 Å². The van der Waals surface area contributed by atoms with E-state index in [9.17, 15) is 26.7 Å². The molecule has 0 bridgehead atoms. The van der Waals surface area contributed by atoms with Crippen LogP contribution in [0.1, 0.15) is 21.8 Å². The van der Waals surface area contributed by atoms with Gasteiger partial charge in [-0.25, -0.2) is 4.39 Å². The van der Waals surface area contributed by atoms with E-state index in [-0.39, 0.29) is 27.3 Å². The molecule has 14 heavy (non-hydrogen) atoms. The highest BCUT2D eigenvalue weighted by atomic mass is 19.5. The first kappa shape index (κ1) is 23.2. The molecule has 0 rings (SSSR count). The molecule has 0 aromatic rings. The third kappa shape index (κ3) is 117. The van der Waals surface area contributed by atoms with E-state index in [2.05, 4.69) is 5.32 Å². The van der Waals surface area contributed by atoms with Gasteiger partial charge in [-0.05, 0) is 0 Å². The van der Waals surface area contributed by atoms with Crippen LogP contribution in [0.3, 0.4) is 0 Å². The number of carbonyl (C=O) groups is 1. The quantitative estimate of drug-likeness (QED) is 0.719. The molecular weight excluding hydrogens is 209 g/mol. The molecule has 7 heteroatoms. The summed E-state index contributed by atoms with van der Waals surface area (Å²) in [5.74, 6) is -0.183. The van der Waals surface area contributed by atoms with Gasteiger partial charge in [0.05, 0.1) is 0 Å². The van der Waals surface area contributed by atoms with Crippen LogP contribution in [-0.4, -0.2) is 25.6 Å². The molecule has 0 aliphatic carbocycles. The number of carbonyl (C=O) groups excluding carboxylic acids is 1. The number of alkyl halides is 5. The van der Waals surface area contributed by atoms with Crippen LogP contribution in [0.4, 0.5) is 22.0 Å². The number of nitrogens with one attached hydrogen (secondary N) is 1. The zero-order chi connectivity index (χ0) is 10.2. The first-order valence-corrected chi connectivity index (χ1v) is 2.83. The summed E-state index contributed by atoms with van der Waals surface area (Å²) in [6.07, 6.45) is -5.50. The Morgan fingerprint density at radius 3 is 1.57 bits per heavy atom. The number of rotatable bonds is 2. The zero-order valence-electron chi connectivity index (χ0n) is 6.21. The molecule has 0 aliphatic heterocycles. The van der Waals surface area contributed by atoms with Crippen LogP contribution >= 0.6 is 0 Å². The first-order chi connectivity index (χ1) is 5.27. The molecule has 0 fully saturated rings. The predicted molar refractivity (Wildman–Crippen MR) is 45.3 cm³/mol. The van der Waals surface area contributed by atoms with E-state index < -0.39 is 13.1 Å². The van der Waals surface area contributed by atoms with E-state index in [1.807, 2.05) is 0 Å². The SMILES string of the molecule is C.C.CC(=O)NCCF.FC(F)(F)F. The van der Waals surface area contributed by atoms with Gasteiger partial charge < -0.3 is 5.32 Å². The van der Waals surface area contributed by atoms with E-state index in [0.29, 0.717) is 0 Å². The predicted octanol–water partition coefficient (Wildman–Crippen LogP) is 2.84. The van der Waals surface area contributed by atoms with Gasteiger partial charge in [-0.2, -0.15) is 0 Å². The summed E-state index contributed by atoms with van der Waals surface area (Å²) >= 11 is 0. The second-order valence-electron chi connectivity index (χ2n) is 1.60.